The van der Waals surface area contributed by atoms with Crippen LogP contribution in [0.4, 0.5) is 5.69 Å². The van der Waals surface area contributed by atoms with Crippen molar-refractivity contribution in [2.24, 2.45) is 5.73 Å². The van der Waals surface area contributed by atoms with E-state index < -0.39 is 10.0 Å². The van der Waals surface area contributed by atoms with E-state index in [1.165, 1.54) is 4.31 Å². The molecule has 0 spiro atoms. The molecule has 1 saturated heterocycles. The van der Waals surface area contributed by atoms with Crippen molar-refractivity contribution in [3.8, 4) is 0 Å². The van der Waals surface area contributed by atoms with E-state index in [9.17, 15) is 13.2 Å². The first-order chi connectivity index (χ1) is 9.90. The summed E-state index contributed by atoms with van der Waals surface area (Å²) in [7, 11) is -3.23. The number of benzene rings is 1. The molecule has 1 aromatic carbocycles. The fourth-order valence-corrected chi connectivity index (χ4v) is 3.80. The maximum Gasteiger partial charge on any atom is 0.251 e. The highest BCUT2D eigenvalue weighted by Gasteiger charge is 2.28. The number of hydrogen-bond donors (Lipinski definition) is 2. The van der Waals surface area contributed by atoms with Crippen molar-refractivity contribution < 1.29 is 13.2 Å². The number of nitrogens with two attached hydrogens (primary N) is 1. The lowest BCUT2D eigenvalue weighted by Gasteiger charge is -2.17. The number of rotatable bonds is 5. The standard InChI is InChI=1S/C14H21N3O3S/c1-11(15)6-7-16-14(18)12-4-2-5-13(10-12)17-8-3-9-21(17,19)20/h2,4-5,10-11H,3,6-9,15H2,1H3,(H,16,18). The normalized spacial score (nSPS) is 18.5. The molecule has 21 heavy (non-hydrogen) atoms. The maximum absolute atomic E-state index is 12.0. The highest BCUT2D eigenvalue weighted by atomic mass is 32.2. The average molecular weight is 311 g/mol. The Hall–Kier alpha value is -1.60. The number of nitrogens with one attached hydrogen (secondary N) is 1. The van der Waals surface area contributed by atoms with E-state index in [-0.39, 0.29) is 17.7 Å². The topological polar surface area (TPSA) is 92.5 Å². The van der Waals surface area contributed by atoms with Crippen molar-refractivity contribution in [1.29, 1.82) is 0 Å². The Balaban J connectivity index is 2.09. The van der Waals surface area contributed by atoms with Crippen LogP contribution in [-0.2, 0) is 10.0 Å². The summed E-state index contributed by atoms with van der Waals surface area (Å²) in [5, 5.41) is 2.78. The zero-order valence-corrected chi connectivity index (χ0v) is 12.9. The Morgan fingerprint density at radius 1 is 1.48 bits per heavy atom. The van der Waals surface area contributed by atoms with Gasteiger partial charge in [-0.25, -0.2) is 8.42 Å². The van der Waals surface area contributed by atoms with Gasteiger partial charge in [-0.1, -0.05) is 6.07 Å². The molecule has 0 bridgehead atoms. The molecule has 1 fully saturated rings. The molecule has 0 aliphatic carbocycles. The maximum atomic E-state index is 12.0. The summed E-state index contributed by atoms with van der Waals surface area (Å²) < 4.78 is 25.2. The van der Waals surface area contributed by atoms with Gasteiger partial charge in [0, 0.05) is 24.7 Å². The Bertz CT molecular complexity index is 614. The molecule has 0 saturated carbocycles. The SMILES string of the molecule is CC(N)CCNC(=O)c1cccc(N2CCCS2(=O)=O)c1. The molecule has 0 radical (unpaired) electrons. The van der Waals surface area contributed by atoms with Crippen LogP contribution in [0.1, 0.15) is 30.1 Å². The van der Waals surface area contributed by atoms with Gasteiger partial charge >= 0.3 is 0 Å². The molecule has 1 aliphatic heterocycles. The van der Waals surface area contributed by atoms with Crippen molar-refractivity contribution in [3.05, 3.63) is 29.8 Å². The first-order valence-electron chi connectivity index (χ1n) is 7.04. The van der Waals surface area contributed by atoms with E-state index >= 15 is 0 Å². The second kappa shape index (κ2) is 6.44. The van der Waals surface area contributed by atoms with Gasteiger partial charge in [-0.3, -0.25) is 9.10 Å². The number of anilines is 1. The largest absolute Gasteiger partial charge is 0.352 e. The summed E-state index contributed by atoms with van der Waals surface area (Å²) >= 11 is 0. The van der Waals surface area contributed by atoms with Gasteiger partial charge in [0.1, 0.15) is 0 Å². The number of hydrogen-bond acceptors (Lipinski definition) is 4. The monoisotopic (exact) mass is 311 g/mol. The molecule has 1 amide bonds. The Morgan fingerprint density at radius 2 is 2.24 bits per heavy atom. The van der Waals surface area contributed by atoms with Crippen LogP contribution in [0.25, 0.3) is 0 Å². The van der Waals surface area contributed by atoms with E-state index in [0.717, 1.165) is 0 Å². The summed E-state index contributed by atoms with van der Waals surface area (Å²) in [5.74, 6) is -0.0493. The highest BCUT2D eigenvalue weighted by molar-refractivity contribution is 7.93. The van der Waals surface area contributed by atoms with Crippen molar-refractivity contribution in [3.63, 3.8) is 0 Å². The number of amides is 1. The number of nitrogens with zero attached hydrogens (tertiary/aromatic N) is 1. The molecule has 116 valence electrons. The predicted octanol–water partition coefficient (Wildman–Crippen LogP) is 0.694. The van der Waals surface area contributed by atoms with Gasteiger partial charge in [-0.2, -0.15) is 0 Å². The van der Waals surface area contributed by atoms with Crippen LogP contribution in [0, 0.1) is 0 Å². The Kier molecular flexibility index (Phi) is 4.84. The predicted molar refractivity (Wildman–Crippen MR) is 82.8 cm³/mol. The number of carbonyl (C=O) groups excluding carboxylic acids is 1. The second-order valence-corrected chi connectivity index (χ2v) is 7.33. The third-order valence-electron chi connectivity index (χ3n) is 3.38. The van der Waals surface area contributed by atoms with Crippen LogP contribution < -0.4 is 15.4 Å². The average Bonchev–Trinajstić information content (AvgIpc) is 2.78. The zero-order valence-electron chi connectivity index (χ0n) is 12.1. The van der Waals surface area contributed by atoms with Crippen molar-refractivity contribution in [2.45, 2.75) is 25.8 Å². The van der Waals surface area contributed by atoms with E-state index in [1.807, 2.05) is 6.92 Å². The molecule has 1 aromatic rings. The fraction of sp³-hybridized carbons (Fsp3) is 0.500. The van der Waals surface area contributed by atoms with Gasteiger partial charge in [0.2, 0.25) is 10.0 Å². The molecule has 7 heteroatoms. The molecule has 3 N–H and O–H groups in total. The van der Waals surface area contributed by atoms with Gasteiger partial charge < -0.3 is 11.1 Å². The Labute approximate surface area is 125 Å². The number of sulfonamides is 1. The van der Waals surface area contributed by atoms with Gasteiger partial charge in [-0.05, 0) is 38.0 Å². The van der Waals surface area contributed by atoms with Crippen molar-refractivity contribution in [1.82, 2.24) is 5.32 Å². The summed E-state index contributed by atoms with van der Waals surface area (Å²) in [5.41, 5.74) is 6.64. The molecule has 1 atom stereocenters. The minimum atomic E-state index is -3.23. The third-order valence-corrected chi connectivity index (χ3v) is 5.25. The summed E-state index contributed by atoms with van der Waals surface area (Å²) in [6, 6.07) is 6.73. The van der Waals surface area contributed by atoms with Crippen LogP contribution >= 0.6 is 0 Å². The molecule has 0 aromatic heterocycles. The first-order valence-corrected chi connectivity index (χ1v) is 8.65. The molecule has 1 heterocycles. The lowest BCUT2D eigenvalue weighted by Crippen LogP contribution is -2.29. The second-order valence-electron chi connectivity index (χ2n) is 5.31. The third kappa shape index (κ3) is 3.95. The van der Waals surface area contributed by atoms with Crippen LogP contribution in [0.2, 0.25) is 0 Å². The minimum Gasteiger partial charge on any atom is -0.352 e. The molecule has 1 aliphatic rings. The molecule has 6 nitrogen and oxygen atoms in total. The molecule has 2 rings (SSSR count). The van der Waals surface area contributed by atoms with Crippen LogP contribution in [0.15, 0.2) is 24.3 Å². The molecular weight excluding hydrogens is 290 g/mol. The van der Waals surface area contributed by atoms with E-state index in [0.29, 0.717) is 37.2 Å². The minimum absolute atomic E-state index is 0.0337. The van der Waals surface area contributed by atoms with E-state index in [4.69, 9.17) is 5.73 Å². The molecular formula is C14H21N3O3S. The van der Waals surface area contributed by atoms with Crippen molar-refractivity contribution in [2.75, 3.05) is 23.1 Å². The summed E-state index contributed by atoms with van der Waals surface area (Å²) in [6.07, 6.45) is 1.32. The van der Waals surface area contributed by atoms with E-state index in [2.05, 4.69) is 5.32 Å². The van der Waals surface area contributed by atoms with Crippen LogP contribution in [0.5, 0.6) is 0 Å². The van der Waals surface area contributed by atoms with Gasteiger partial charge in [0.25, 0.3) is 5.91 Å². The fourth-order valence-electron chi connectivity index (χ4n) is 2.25. The van der Waals surface area contributed by atoms with Gasteiger partial charge in [0.05, 0.1) is 11.4 Å². The lowest BCUT2D eigenvalue weighted by molar-refractivity contribution is 0.0953. The zero-order chi connectivity index (χ0) is 15.5. The Morgan fingerprint density at radius 3 is 2.86 bits per heavy atom. The summed E-state index contributed by atoms with van der Waals surface area (Å²) in [6.45, 7) is 2.85. The van der Waals surface area contributed by atoms with Crippen LogP contribution in [-0.4, -0.2) is 39.2 Å². The lowest BCUT2D eigenvalue weighted by atomic mass is 10.1. The van der Waals surface area contributed by atoms with Crippen molar-refractivity contribution >= 4 is 21.6 Å². The van der Waals surface area contributed by atoms with E-state index in [1.54, 1.807) is 24.3 Å². The molecule has 1 unspecified atom stereocenters. The first kappa shape index (κ1) is 15.8. The smallest absolute Gasteiger partial charge is 0.251 e. The van der Waals surface area contributed by atoms with Gasteiger partial charge in [-0.15, -0.1) is 0 Å². The quantitative estimate of drug-likeness (QED) is 0.837. The number of carbonyl (C=O) groups is 1. The van der Waals surface area contributed by atoms with Crippen LogP contribution in [0.3, 0.4) is 0 Å². The summed E-state index contributed by atoms with van der Waals surface area (Å²) in [4.78, 5) is 12.0. The highest BCUT2D eigenvalue weighted by Crippen LogP contribution is 2.24. The van der Waals surface area contributed by atoms with Gasteiger partial charge in [0.15, 0.2) is 0 Å².